The van der Waals surface area contributed by atoms with Gasteiger partial charge in [-0.15, -0.1) is 0 Å². The van der Waals surface area contributed by atoms with Gasteiger partial charge in [0, 0.05) is 14.0 Å². The molecule has 0 unspecified atom stereocenters. The number of carbonyl (C=O) groups is 1. The Hall–Kier alpha value is -2.18. The van der Waals surface area contributed by atoms with E-state index in [1.807, 2.05) is 0 Å². The zero-order valence-corrected chi connectivity index (χ0v) is 10.9. The normalized spacial score (nSPS) is 9.78. The number of carbonyl (C=O) groups excluding carboxylic acids is 1. The monoisotopic (exact) mass is 251 g/mol. The predicted molar refractivity (Wildman–Crippen MR) is 69.4 cm³/mol. The van der Waals surface area contributed by atoms with Crippen LogP contribution in [0.1, 0.15) is 27.2 Å². The summed E-state index contributed by atoms with van der Waals surface area (Å²) in [5.41, 5.74) is 0.359. The maximum absolute atomic E-state index is 11.4. The lowest BCUT2D eigenvalue weighted by molar-refractivity contribution is -0.114. The summed E-state index contributed by atoms with van der Waals surface area (Å²) in [6.45, 7) is 5.62. The van der Waals surface area contributed by atoms with Crippen molar-refractivity contribution in [2.45, 2.75) is 27.2 Å². The van der Waals surface area contributed by atoms with E-state index in [2.05, 4.69) is 34.1 Å². The van der Waals surface area contributed by atoms with E-state index in [1.165, 1.54) is 24.2 Å². The summed E-state index contributed by atoms with van der Waals surface area (Å²) < 4.78 is 1.49. The summed E-state index contributed by atoms with van der Waals surface area (Å²) in [5, 5.41) is 2.51. The van der Waals surface area contributed by atoms with Crippen LogP contribution < -0.4 is 10.9 Å². The van der Waals surface area contributed by atoms with Crippen molar-refractivity contribution >= 4 is 23.0 Å². The van der Waals surface area contributed by atoms with Crippen LogP contribution in [0.2, 0.25) is 0 Å². The molecule has 0 fully saturated rings. The molecule has 0 spiro atoms. The number of aromatic nitrogens is 4. The molecule has 2 rings (SSSR count). The minimum atomic E-state index is -0.286. The standard InChI is InChI=1S/C8H9N5O2.C3H8/c1-4(14)11-8-12-6-5(13(8)2)7(15)10-3-9-6;1-3-2/h3H,1-2H3,(H2,9,10,11,12,14,15);3H2,1-2H3. The summed E-state index contributed by atoms with van der Waals surface area (Å²) >= 11 is 0. The van der Waals surface area contributed by atoms with Gasteiger partial charge in [-0.05, 0) is 0 Å². The first-order valence-electron chi connectivity index (χ1n) is 5.68. The number of anilines is 1. The fourth-order valence-corrected chi connectivity index (χ4v) is 1.32. The number of hydrogen-bond donors (Lipinski definition) is 2. The number of imidazole rings is 1. The van der Waals surface area contributed by atoms with Gasteiger partial charge in [-0.25, -0.2) is 4.98 Å². The van der Waals surface area contributed by atoms with E-state index >= 15 is 0 Å². The Labute approximate surface area is 104 Å². The van der Waals surface area contributed by atoms with Crippen molar-refractivity contribution in [2.24, 2.45) is 7.05 Å². The van der Waals surface area contributed by atoms with Gasteiger partial charge in [-0.1, -0.05) is 20.3 Å². The first kappa shape index (κ1) is 13.9. The third kappa shape index (κ3) is 2.93. The lowest BCUT2D eigenvalue weighted by Gasteiger charge is -2.00. The Morgan fingerprint density at radius 1 is 1.50 bits per heavy atom. The van der Waals surface area contributed by atoms with Gasteiger partial charge in [0.2, 0.25) is 11.9 Å². The van der Waals surface area contributed by atoms with E-state index < -0.39 is 0 Å². The highest BCUT2D eigenvalue weighted by molar-refractivity contribution is 5.88. The van der Waals surface area contributed by atoms with Gasteiger partial charge in [0.1, 0.15) is 0 Å². The molecule has 98 valence electrons. The number of amides is 1. The van der Waals surface area contributed by atoms with Gasteiger partial charge in [-0.2, -0.15) is 4.98 Å². The molecule has 0 aliphatic carbocycles. The van der Waals surface area contributed by atoms with Crippen molar-refractivity contribution in [3.05, 3.63) is 16.7 Å². The maximum Gasteiger partial charge on any atom is 0.277 e. The molecule has 2 aromatic heterocycles. The number of aryl methyl sites for hydroxylation is 1. The summed E-state index contributed by atoms with van der Waals surface area (Å²) in [7, 11) is 1.64. The fraction of sp³-hybridized carbons (Fsp3) is 0.455. The van der Waals surface area contributed by atoms with Gasteiger partial charge in [0.05, 0.1) is 6.33 Å². The fourth-order valence-electron chi connectivity index (χ4n) is 1.32. The molecular formula is C11H17N5O2. The first-order chi connectivity index (χ1) is 8.51. The topological polar surface area (TPSA) is 92.7 Å². The largest absolute Gasteiger partial charge is 0.311 e. The van der Waals surface area contributed by atoms with Gasteiger partial charge in [-0.3, -0.25) is 14.9 Å². The molecule has 0 saturated heterocycles. The van der Waals surface area contributed by atoms with Crippen LogP contribution in [0.3, 0.4) is 0 Å². The number of nitrogens with zero attached hydrogens (tertiary/aromatic N) is 3. The zero-order valence-electron chi connectivity index (χ0n) is 10.9. The molecule has 2 N–H and O–H groups in total. The number of aromatic amines is 1. The third-order valence-corrected chi connectivity index (χ3v) is 1.96. The zero-order chi connectivity index (χ0) is 13.7. The number of H-pyrrole nitrogens is 1. The molecule has 7 nitrogen and oxygen atoms in total. The number of rotatable bonds is 1. The second kappa shape index (κ2) is 5.95. The Balaban J connectivity index is 0.000000492. The molecule has 0 radical (unpaired) electrons. The SMILES string of the molecule is CC(=O)Nc1nc2nc[nH]c(=O)c2n1C.CCC. The Kier molecular flexibility index (Phi) is 4.59. The van der Waals surface area contributed by atoms with E-state index in [1.54, 1.807) is 7.05 Å². The molecule has 0 saturated carbocycles. The molecule has 1 amide bonds. The molecular weight excluding hydrogens is 234 g/mol. The number of nitrogens with one attached hydrogen (secondary N) is 2. The Morgan fingerprint density at radius 2 is 2.11 bits per heavy atom. The second-order valence-electron chi connectivity index (χ2n) is 3.79. The van der Waals surface area contributed by atoms with Gasteiger partial charge in [0.25, 0.3) is 5.56 Å². The molecule has 0 aliphatic heterocycles. The van der Waals surface area contributed by atoms with Crippen LogP contribution in [0.15, 0.2) is 11.1 Å². The van der Waals surface area contributed by atoms with E-state index in [-0.39, 0.29) is 11.5 Å². The van der Waals surface area contributed by atoms with Crippen LogP contribution in [0.4, 0.5) is 5.95 Å². The quantitative estimate of drug-likeness (QED) is 0.791. The van der Waals surface area contributed by atoms with Crippen molar-refractivity contribution in [3.8, 4) is 0 Å². The van der Waals surface area contributed by atoms with Crippen molar-refractivity contribution in [2.75, 3.05) is 5.32 Å². The van der Waals surface area contributed by atoms with Gasteiger partial charge in [0.15, 0.2) is 11.2 Å². The smallest absolute Gasteiger partial charge is 0.277 e. The van der Waals surface area contributed by atoms with Gasteiger partial charge < -0.3 is 9.55 Å². The summed E-state index contributed by atoms with van der Waals surface area (Å²) in [6, 6.07) is 0. The average Bonchev–Trinajstić information content (AvgIpc) is 2.57. The lowest BCUT2D eigenvalue weighted by Crippen LogP contribution is -2.13. The predicted octanol–water partition coefficient (Wildman–Crippen LogP) is 1.03. The Bertz CT molecular complexity index is 599. The van der Waals surface area contributed by atoms with E-state index in [4.69, 9.17) is 0 Å². The summed E-state index contributed by atoms with van der Waals surface area (Å²) in [5.74, 6) is 0.0616. The molecule has 0 aromatic carbocycles. The van der Waals surface area contributed by atoms with Gasteiger partial charge >= 0.3 is 0 Å². The van der Waals surface area contributed by atoms with Crippen LogP contribution in [0.25, 0.3) is 11.2 Å². The summed E-state index contributed by atoms with van der Waals surface area (Å²) in [4.78, 5) is 32.6. The second-order valence-corrected chi connectivity index (χ2v) is 3.79. The number of hydrogen-bond acceptors (Lipinski definition) is 4. The van der Waals surface area contributed by atoms with Crippen molar-refractivity contribution < 1.29 is 4.79 Å². The molecule has 0 bridgehead atoms. The van der Waals surface area contributed by atoms with Crippen LogP contribution in [0, 0.1) is 0 Å². The minimum absolute atomic E-state index is 0.246. The summed E-state index contributed by atoms with van der Waals surface area (Å²) in [6.07, 6.45) is 2.52. The lowest BCUT2D eigenvalue weighted by atomic mass is 10.5. The Morgan fingerprint density at radius 3 is 2.61 bits per heavy atom. The van der Waals surface area contributed by atoms with Crippen LogP contribution in [-0.4, -0.2) is 25.4 Å². The van der Waals surface area contributed by atoms with E-state index in [9.17, 15) is 9.59 Å². The maximum atomic E-state index is 11.4. The average molecular weight is 251 g/mol. The van der Waals surface area contributed by atoms with Crippen molar-refractivity contribution in [1.29, 1.82) is 0 Å². The highest BCUT2D eigenvalue weighted by atomic mass is 16.1. The molecule has 0 aliphatic rings. The van der Waals surface area contributed by atoms with Crippen LogP contribution in [0.5, 0.6) is 0 Å². The number of fused-ring (bicyclic) bond motifs is 1. The third-order valence-electron chi connectivity index (χ3n) is 1.96. The van der Waals surface area contributed by atoms with E-state index in [0.717, 1.165) is 0 Å². The van der Waals surface area contributed by atoms with Crippen LogP contribution in [-0.2, 0) is 11.8 Å². The highest BCUT2D eigenvalue weighted by Gasteiger charge is 2.11. The first-order valence-corrected chi connectivity index (χ1v) is 5.68. The molecule has 2 aromatic rings. The molecule has 2 heterocycles. The van der Waals surface area contributed by atoms with Crippen molar-refractivity contribution in [1.82, 2.24) is 19.5 Å². The molecule has 0 atom stereocenters. The molecule has 18 heavy (non-hydrogen) atoms. The highest BCUT2D eigenvalue weighted by Crippen LogP contribution is 2.11. The van der Waals surface area contributed by atoms with Crippen LogP contribution >= 0.6 is 0 Å². The molecule has 7 heteroatoms. The van der Waals surface area contributed by atoms with E-state index in [0.29, 0.717) is 17.1 Å². The minimum Gasteiger partial charge on any atom is -0.311 e. The van der Waals surface area contributed by atoms with Crippen molar-refractivity contribution in [3.63, 3.8) is 0 Å².